The van der Waals surface area contributed by atoms with Gasteiger partial charge in [-0.1, -0.05) is 23.2 Å². The Labute approximate surface area is 150 Å². The molecule has 1 aromatic carbocycles. The smallest absolute Gasteiger partial charge is 0.383 e. The molecule has 10 heteroatoms. The number of nitrogens with two attached hydrogens (primary N) is 1. The zero-order valence-corrected chi connectivity index (χ0v) is 13.8. The van der Waals surface area contributed by atoms with Gasteiger partial charge in [-0.3, -0.25) is 0 Å². The Morgan fingerprint density at radius 1 is 1.20 bits per heavy atom. The van der Waals surface area contributed by atoms with Crippen molar-refractivity contribution in [2.24, 2.45) is 0 Å². The minimum atomic E-state index is -4.62. The summed E-state index contributed by atoms with van der Waals surface area (Å²) in [5.74, 6) is -0.0424. The van der Waals surface area contributed by atoms with Gasteiger partial charge in [0.2, 0.25) is 0 Å². The number of hydrogen-bond donors (Lipinski definition) is 1. The van der Waals surface area contributed by atoms with Crippen LogP contribution in [0.25, 0.3) is 5.69 Å². The second-order valence-corrected chi connectivity index (χ2v) is 6.43. The maximum absolute atomic E-state index is 12.9. The van der Waals surface area contributed by atoms with E-state index in [2.05, 4.69) is 11.2 Å². The summed E-state index contributed by atoms with van der Waals surface area (Å²) in [6, 6.07) is 5.36. The van der Waals surface area contributed by atoms with Crippen LogP contribution in [0.4, 0.5) is 19.0 Å². The van der Waals surface area contributed by atoms with Crippen LogP contribution in [0.2, 0.25) is 10.0 Å². The molecule has 2 N–H and O–H groups in total. The summed E-state index contributed by atoms with van der Waals surface area (Å²) < 4.78 is 39.6. The molecule has 1 saturated carbocycles. The van der Waals surface area contributed by atoms with E-state index in [0.29, 0.717) is 25.0 Å². The molecule has 1 fully saturated rings. The molecule has 0 amide bonds. The number of rotatable bonds is 2. The Kier molecular flexibility index (Phi) is 3.86. The molecule has 1 aliphatic rings. The van der Waals surface area contributed by atoms with Crippen LogP contribution < -0.4 is 5.73 Å². The van der Waals surface area contributed by atoms with Gasteiger partial charge in [0.1, 0.15) is 17.6 Å². The van der Waals surface area contributed by atoms with E-state index >= 15 is 0 Å². The van der Waals surface area contributed by atoms with E-state index in [1.54, 1.807) is 0 Å². The lowest BCUT2D eigenvalue weighted by molar-refractivity contribution is -0.137. The maximum Gasteiger partial charge on any atom is 0.416 e. The molecule has 1 heterocycles. The van der Waals surface area contributed by atoms with Crippen LogP contribution in [0.5, 0.6) is 0 Å². The number of anilines is 1. The van der Waals surface area contributed by atoms with E-state index in [1.807, 2.05) is 6.07 Å². The molecular weight excluding hydrogens is 378 g/mol. The molecule has 2 aromatic rings. The highest BCUT2D eigenvalue weighted by atomic mass is 35.5. The van der Waals surface area contributed by atoms with Gasteiger partial charge in [0.15, 0.2) is 5.69 Å². The molecule has 0 bridgehead atoms. The van der Waals surface area contributed by atoms with Crippen LogP contribution in [0, 0.1) is 22.7 Å². The minimum Gasteiger partial charge on any atom is -0.383 e. The van der Waals surface area contributed by atoms with Gasteiger partial charge in [-0.2, -0.15) is 28.8 Å². The predicted octanol–water partition coefficient (Wildman–Crippen LogP) is 4.21. The normalized spacial score (nSPS) is 15.5. The number of nitrogen functional groups attached to an aromatic ring is 1. The van der Waals surface area contributed by atoms with Crippen molar-refractivity contribution in [3.63, 3.8) is 0 Å². The minimum absolute atomic E-state index is 0.0424. The zero-order chi connectivity index (χ0) is 18.6. The lowest BCUT2D eigenvalue weighted by Crippen LogP contribution is -2.10. The van der Waals surface area contributed by atoms with Crippen molar-refractivity contribution in [3.05, 3.63) is 39.0 Å². The summed E-state index contributed by atoms with van der Waals surface area (Å²) >= 11 is 11.9. The van der Waals surface area contributed by atoms with Gasteiger partial charge in [-0.15, -0.1) is 0 Å². The average Bonchev–Trinajstić information content (AvgIpc) is 3.25. The standard InChI is InChI=1S/C15H8Cl2F3N5/c16-8-3-7(15(18,19)20)4-9(17)12(8)25-13(23)11(10(5-21)24-25)14(6-22)1-2-14/h3-4H,1-2,23H2. The largest absolute Gasteiger partial charge is 0.416 e. The van der Waals surface area contributed by atoms with E-state index in [4.69, 9.17) is 28.9 Å². The zero-order valence-electron chi connectivity index (χ0n) is 12.3. The van der Waals surface area contributed by atoms with Crippen LogP contribution in [0.1, 0.15) is 29.7 Å². The molecule has 1 aliphatic carbocycles. The van der Waals surface area contributed by atoms with Gasteiger partial charge < -0.3 is 5.73 Å². The van der Waals surface area contributed by atoms with Crippen molar-refractivity contribution in [1.82, 2.24) is 9.78 Å². The number of hydrogen-bond acceptors (Lipinski definition) is 4. The fraction of sp³-hybridized carbons (Fsp3) is 0.267. The van der Waals surface area contributed by atoms with Crippen molar-refractivity contribution in [1.29, 1.82) is 10.5 Å². The van der Waals surface area contributed by atoms with Crippen LogP contribution in [0.3, 0.4) is 0 Å². The maximum atomic E-state index is 12.9. The molecule has 3 rings (SSSR count). The highest BCUT2D eigenvalue weighted by Crippen LogP contribution is 2.51. The Morgan fingerprint density at radius 2 is 1.76 bits per heavy atom. The Bertz CT molecular complexity index is 938. The van der Waals surface area contributed by atoms with Crippen molar-refractivity contribution in [2.45, 2.75) is 24.4 Å². The average molecular weight is 386 g/mol. The third-order valence-electron chi connectivity index (χ3n) is 4.03. The third kappa shape index (κ3) is 2.68. The molecule has 0 atom stereocenters. The van der Waals surface area contributed by atoms with Crippen molar-refractivity contribution in [2.75, 3.05) is 5.73 Å². The summed E-state index contributed by atoms with van der Waals surface area (Å²) in [6.45, 7) is 0. The van der Waals surface area contributed by atoms with E-state index in [1.165, 1.54) is 0 Å². The SMILES string of the molecule is N#Cc1nn(-c2c(Cl)cc(C(F)(F)F)cc2Cl)c(N)c1C1(C#N)CC1. The third-order valence-corrected chi connectivity index (χ3v) is 4.60. The number of nitriles is 2. The van der Waals surface area contributed by atoms with Crippen LogP contribution >= 0.6 is 23.2 Å². The molecule has 0 saturated heterocycles. The first-order valence-electron chi connectivity index (χ1n) is 6.91. The van der Waals surface area contributed by atoms with Crippen LogP contribution in [0.15, 0.2) is 12.1 Å². The van der Waals surface area contributed by atoms with Gasteiger partial charge in [0, 0.05) is 0 Å². The number of benzene rings is 1. The van der Waals surface area contributed by atoms with E-state index in [9.17, 15) is 23.7 Å². The van der Waals surface area contributed by atoms with Crippen molar-refractivity contribution >= 4 is 29.0 Å². The topological polar surface area (TPSA) is 91.4 Å². The molecule has 5 nitrogen and oxygen atoms in total. The Hall–Kier alpha value is -2.42. The van der Waals surface area contributed by atoms with Gasteiger partial charge in [0.05, 0.1) is 32.7 Å². The van der Waals surface area contributed by atoms with Gasteiger partial charge in [-0.25, -0.2) is 4.68 Å². The molecule has 0 spiro atoms. The molecule has 1 aromatic heterocycles. The fourth-order valence-corrected chi connectivity index (χ4v) is 3.27. The summed E-state index contributed by atoms with van der Waals surface area (Å²) in [7, 11) is 0. The molecule has 25 heavy (non-hydrogen) atoms. The van der Waals surface area contributed by atoms with Gasteiger partial charge in [0.25, 0.3) is 0 Å². The summed E-state index contributed by atoms with van der Waals surface area (Å²) in [4.78, 5) is 0. The van der Waals surface area contributed by atoms with E-state index in [-0.39, 0.29) is 32.8 Å². The number of alkyl halides is 3. The van der Waals surface area contributed by atoms with Crippen LogP contribution in [-0.2, 0) is 11.6 Å². The fourth-order valence-electron chi connectivity index (χ4n) is 2.63. The molecule has 0 aliphatic heterocycles. The molecular formula is C15H8Cl2F3N5. The number of aromatic nitrogens is 2. The summed E-state index contributed by atoms with van der Waals surface area (Å²) in [5.41, 5.74) is 4.21. The number of halogens is 5. The van der Waals surface area contributed by atoms with Gasteiger partial charge in [-0.05, 0) is 25.0 Å². The van der Waals surface area contributed by atoms with E-state index in [0.717, 1.165) is 4.68 Å². The first kappa shape index (κ1) is 17.4. The first-order valence-corrected chi connectivity index (χ1v) is 7.67. The lowest BCUT2D eigenvalue weighted by atomic mass is 9.97. The lowest BCUT2D eigenvalue weighted by Gasteiger charge is -2.13. The van der Waals surface area contributed by atoms with Crippen molar-refractivity contribution < 1.29 is 13.2 Å². The summed E-state index contributed by atoms with van der Waals surface area (Å²) in [5, 5.41) is 22.0. The monoisotopic (exact) mass is 385 g/mol. The highest BCUT2D eigenvalue weighted by molar-refractivity contribution is 6.38. The quantitative estimate of drug-likeness (QED) is 0.837. The van der Waals surface area contributed by atoms with Crippen molar-refractivity contribution in [3.8, 4) is 17.8 Å². The molecule has 0 unspecified atom stereocenters. The molecule has 128 valence electrons. The number of nitrogens with zero attached hydrogens (tertiary/aromatic N) is 4. The Morgan fingerprint density at radius 3 is 2.16 bits per heavy atom. The second-order valence-electron chi connectivity index (χ2n) is 5.61. The predicted molar refractivity (Wildman–Crippen MR) is 84.2 cm³/mol. The highest BCUT2D eigenvalue weighted by Gasteiger charge is 2.50. The molecule has 0 radical (unpaired) electrons. The van der Waals surface area contributed by atoms with Gasteiger partial charge >= 0.3 is 6.18 Å². The van der Waals surface area contributed by atoms with E-state index < -0.39 is 17.2 Å². The van der Waals surface area contributed by atoms with Crippen LogP contribution in [-0.4, -0.2) is 9.78 Å². The Balaban J connectivity index is 2.23. The second kappa shape index (κ2) is 5.55. The summed E-state index contributed by atoms with van der Waals surface area (Å²) in [6.07, 6.45) is -3.59. The first-order chi connectivity index (χ1) is 11.6.